The first-order chi connectivity index (χ1) is 7.74. The summed E-state index contributed by atoms with van der Waals surface area (Å²) in [6.07, 6.45) is 2.46. The molecule has 5 heteroatoms. The Labute approximate surface area is 100 Å². The second-order valence-electron chi connectivity index (χ2n) is 3.78. The van der Waals surface area contributed by atoms with Crippen LogP contribution >= 0.6 is 15.9 Å². The van der Waals surface area contributed by atoms with Crippen molar-refractivity contribution < 1.29 is 4.79 Å². The number of halogens is 1. The Kier molecular flexibility index (Phi) is 2.14. The average molecular weight is 278 g/mol. The van der Waals surface area contributed by atoms with Crippen LogP contribution in [0.15, 0.2) is 29.0 Å². The number of aromatic nitrogens is 3. The molecule has 0 amide bonds. The number of carbonyl (C=O) groups is 1. The number of benzene rings is 1. The van der Waals surface area contributed by atoms with Crippen molar-refractivity contribution >= 4 is 21.7 Å². The summed E-state index contributed by atoms with van der Waals surface area (Å²) in [5, 5.41) is 7.82. The first-order valence-corrected chi connectivity index (χ1v) is 5.73. The van der Waals surface area contributed by atoms with Crippen molar-refractivity contribution in [1.29, 1.82) is 0 Å². The number of Topliss-reactive ketones (excluding diaryl/α,β-unsaturated/α-hetero) is 1. The van der Waals surface area contributed by atoms with E-state index >= 15 is 0 Å². The number of fused-ring (bicyclic) bond motifs is 3. The summed E-state index contributed by atoms with van der Waals surface area (Å²) < 4.78 is 2.86. The van der Waals surface area contributed by atoms with E-state index in [0.29, 0.717) is 18.7 Å². The van der Waals surface area contributed by atoms with Gasteiger partial charge in [-0.3, -0.25) is 9.36 Å². The van der Waals surface area contributed by atoms with Gasteiger partial charge in [-0.25, -0.2) is 0 Å². The lowest BCUT2D eigenvalue weighted by Gasteiger charge is -2.07. The minimum atomic E-state index is 0.172. The van der Waals surface area contributed by atoms with Gasteiger partial charge in [0, 0.05) is 10.9 Å². The molecule has 0 fully saturated rings. The summed E-state index contributed by atoms with van der Waals surface area (Å²) >= 11 is 3.41. The number of rotatable bonds is 0. The Morgan fingerprint density at radius 1 is 1.31 bits per heavy atom. The van der Waals surface area contributed by atoms with Crippen LogP contribution < -0.4 is 0 Å². The molecule has 0 aliphatic carbocycles. The Bertz CT molecular complexity index is 576. The normalized spacial score (nSPS) is 14.2. The van der Waals surface area contributed by atoms with Gasteiger partial charge in [-0.1, -0.05) is 15.9 Å². The monoisotopic (exact) mass is 277 g/mol. The van der Waals surface area contributed by atoms with Gasteiger partial charge in [-0.2, -0.15) is 0 Å². The molecule has 0 N–H and O–H groups in total. The van der Waals surface area contributed by atoms with Crippen LogP contribution in [0.25, 0.3) is 5.69 Å². The predicted octanol–water partition coefficient (Wildman–Crippen LogP) is 1.70. The molecule has 16 heavy (non-hydrogen) atoms. The highest BCUT2D eigenvalue weighted by Crippen LogP contribution is 2.24. The van der Waals surface area contributed by atoms with Gasteiger partial charge >= 0.3 is 0 Å². The third kappa shape index (κ3) is 1.48. The van der Waals surface area contributed by atoms with Crippen LogP contribution in [0.5, 0.6) is 0 Å². The molecule has 1 aromatic heterocycles. The number of ketones is 1. The Morgan fingerprint density at radius 2 is 2.19 bits per heavy atom. The van der Waals surface area contributed by atoms with Crippen LogP contribution in [0, 0.1) is 0 Å². The van der Waals surface area contributed by atoms with Crippen LogP contribution in [-0.4, -0.2) is 20.5 Å². The van der Waals surface area contributed by atoms with Gasteiger partial charge in [0.1, 0.15) is 17.9 Å². The minimum absolute atomic E-state index is 0.172. The highest BCUT2D eigenvalue weighted by molar-refractivity contribution is 9.10. The molecule has 0 bridgehead atoms. The second-order valence-corrected chi connectivity index (χ2v) is 4.70. The molecule has 3 rings (SSSR count). The Balaban J connectivity index is 2.28. The summed E-state index contributed by atoms with van der Waals surface area (Å²) in [6.45, 7) is 0. The summed E-state index contributed by atoms with van der Waals surface area (Å²) in [5.41, 5.74) is 2.01. The van der Waals surface area contributed by atoms with Gasteiger partial charge in [0.15, 0.2) is 0 Å². The summed E-state index contributed by atoms with van der Waals surface area (Å²) in [5.74, 6) is 0.886. The average Bonchev–Trinajstić information content (AvgIpc) is 2.61. The van der Waals surface area contributed by atoms with Crippen molar-refractivity contribution in [3.8, 4) is 5.69 Å². The lowest BCUT2D eigenvalue weighted by atomic mass is 10.1. The molecule has 1 aliphatic rings. The number of nitrogens with zero attached hydrogens (tertiary/aromatic N) is 3. The smallest absolute Gasteiger partial charge is 0.144 e. The van der Waals surface area contributed by atoms with Crippen molar-refractivity contribution in [3.05, 3.63) is 40.4 Å². The second kappa shape index (κ2) is 3.52. The lowest BCUT2D eigenvalue weighted by molar-refractivity contribution is -0.117. The van der Waals surface area contributed by atoms with E-state index in [-0.39, 0.29) is 5.78 Å². The summed E-state index contributed by atoms with van der Waals surface area (Å²) in [7, 11) is 0. The van der Waals surface area contributed by atoms with E-state index < -0.39 is 0 Å². The SMILES string of the molecule is O=C1Cc2cc(Br)ccc2-n2cnnc2C1. The van der Waals surface area contributed by atoms with E-state index in [2.05, 4.69) is 26.1 Å². The van der Waals surface area contributed by atoms with Crippen molar-refractivity contribution in [2.24, 2.45) is 0 Å². The third-order valence-corrected chi connectivity index (χ3v) is 3.16. The number of hydrogen-bond donors (Lipinski definition) is 0. The van der Waals surface area contributed by atoms with Gasteiger partial charge in [0.05, 0.1) is 12.1 Å². The maximum Gasteiger partial charge on any atom is 0.144 e. The van der Waals surface area contributed by atoms with Gasteiger partial charge in [-0.15, -0.1) is 10.2 Å². The van der Waals surface area contributed by atoms with Gasteiger partial charge in [-0.05, 0) is 23.8 Å². The van der Waals surface area contributed by atoms with Gasteiger partial charge < -0.3 is 0 Å². The van der Waals surface area contributed by atoms with Crippen LogP contribution in [0.4, 0.5) is 0 Å². The molecule has 2 heterocycles. The van der Waals surface area contributed by atoms with E-state index in [9.17, 15) is 4.79 Å². The quantitative estimate of drug-likeness (QED) is 0.737. The van der Waals surface area contributed by atoms with Crippen LogP contribution in [0.3, 0.4) is 0 Å². The first kappa shape index (κ1) is 9.72. The zero-order valence-corrected chi connectivity index (χ0v) is 9.94. The minimum Gasteiger partial charge on any atom is -0.299 e. The molecule has 0 saturated heterocycles. The standard InChI is InChI=1S/C11H8BrN3O/c12-8-1-2-10-7(3-8)4-9(16)5-11-14-13-6-15(10)11/h1-3,6H,4-5H2. The first-order valence-electron chi connectivity index (χ1n) is 4.93. The Morgan fingerprint density at radius 3 is 3.06 bits per heavy atom. The molecular formula is C11H8BrN3O. The summed E-state index contributed by atoms with van der Waals surface area (Å²) in [6, 6.07) is 5.91. The van der Waals surface area contributed by atoms with E-state index in [1.807, 2.05) is 22.8 Å². The molecular weight excluding hydrogens is 270 g/mol. The molecule has 0 spiro atoms. The third-order valence-electron chi connectivity index (χ3n) is 2.66. The van der Waals surface area contributed by atoms with E-state index in [4.69, 9.17) is 0 Å². The van der Waals surface area contributed by atoms with Crippen LogP contribution in [0.2, 0.25) is 0 Å². The lowest BCUT2D eigenvalue weighted by Crippen LogP contribution is -2.05. The molecule has 2 aromatic rings. The van der Waals surface area contributed by atoms with Crippen molar-refractivity contribution in [1.82, 2.24) is 14.8 Å². The fourth-order valence-electron chi connectivity index (χ4n) is 1.96. The van der Waals surface area contributed by atoms with E-state index in [1.54, 1.807) is 6.33 Å². The van der Waals surface area contributed by atoms with Crippen molar-refractivity contribution in [2.45, 2.75) is 12.8 Å². The van der Waals surface area contributed by atoms with Gasteiger partial charge in [0.2, 0.25) is 0 Å². The Hall–Kier alpha value is -1.49. The van der Waals surface area contributed by atoms with Crippen molar-refractivity contribution in [3.63, 3.8) is 0 Å². The molecule has 0 radical (unpaired) electrons. The molecule has 1 aliphatic heterocycles. The maximum atomic E-state index is 11.7. The number of hydrogen-bond acceptors (Lipinski definition) is 3. The van der Waals surface area contributed by atoms with Gasteiger partial charge in [0.25, 0.3) is 0 Å². The molecule has 4 nitrogen and oxygen atoms in total. The highest BCUT2D eigenvalue weighted by atomic mass is 79.9. The van der Waals surface area contributed by atoms with Crippen LogP contribution in [-0.2, 0) is 17.6 Å². The largest absolute Gasteiger partial charge is 0.299 e. The molecule has 0 unspecified atom stereocenters. The zero-order chi connectivity index (χ0) is 11.1. The predicted molar refractivity (Wildman–Crippen MR) is 61.5 cm³/mol. The summed E-state index contributed by atoms with van der Waals surface area (Å²) in [4.78, 5) is 11.7. The maximum absolute atomic E-state index is 11.7. The van der Waals surface area contributed by atoms with Crippen LogP contribution in [0.1, 0.15) is 11.4 Å². The molecule has 1 aromatic carbocycles. The van der Waals surface area contributed by atoms with E-state index in [0.717, 1.165) is 15.7 Å². The fraction of sp³-hybridized carbons (Fsp3) is 0.182. The molecule has 0 atom stereocenters. The topological polar surface area (TPSA) is 47.8 Å². The zero-order valence-electron chi connectivity index (χ0n) is 8.35. The highest BCUT2D eigenvalue weighted by Gasteiger charge is 2.19. The molecule has 80 valence electrons. The van der Waals surface area contributed by atoms with E-state index in [1.165, 1.54) is 0 Å². The molecule has 0 saturated carbocycles. The van der Waals surface area contributed by atoms with Crippen molar-refractivity contribution in [2.75, 3.05) is 0 Å². The fourth-order valence-corrected chi connectivity index (χ4v) is 2.37. The number of carbonyl (C=O) groups excluding carboxylic acids is 1.